The van der Waals surface area contributed by atoms with E-state index in [9.17, 15) is 0 Å². The van der Waals surface area contributed by atoms with Gasteiger partial charge in [-0.2, -0.15) is 5.06 Å². The van der Waals surface area contributed by atoms with Gasteiger partial charge in [-0.1, -0.05) is 54.9 Å². The van der Waals surface area contributed by atoms with Crippen LogP contribution >= 0.6 is 15.9 Å². The van der Waals surface area contributed by atoms with Gasteiger partial charge in [-0.05, 0) is 54.7 Å². The second kappa shape index (κ2) is 9.58. The Bertz CT molecular complexity index is 1020. The van der Waals surface area contributed by atoms with E-state index >= 15 is 0 Å². The molecule has 34 heavy (non-hydrogen) atoms. The normalized spacial score (nSPS) is 25.4. The molecule has 2 aliphatic rings. The largest absolute Gasteiger partial charge is 0.497 e. The third-order valence-corrected chi connectivity index (χ3v) is 13.1. The lowest BCUT2D eigenvalue weighted by Crippen LogP contribution is -2.45. The first-order chi connectivity index (χ1) is 16.0. The molecule has 1 aliphatic carbocycles. The van der Waals surface area contributed by atoms with Crippen LogP contribution < -0.4 is 9.47 Å². The predicted octanol–water partition coefficient (Wildman–Crippen LogP) is 6.91. The van der Waals surface area contributed by atoms with E-state index in [0.717, 1.165) is 34.4 Å². The number of hydrogen-bond donors (Lipinski definition) is 0. The van der Waals surface area contributed by atoms with Crippen molar-refractivity contribution in [3.05, 3.63) is 58.1 Å². The molecule has 1 aliphatic heterocycles. The first-order valence-corrected chi connectivity index (χ1v) is 15.8. The summed E-state index contributed by atoms with van der Waals surface area (Å²) in [6.07, 6.45) is 2.14. The third kappa shape index (κ3) is 4.70. The quantitative estimate of drug-likeness (QED) is 0.352. The molecule has 0 aromatic heterocycles. The number of halogens is 1. The van der Waals surface area contributed by atoms with Crippen LogP contribution in [0.4, 0.5) is 0 Å². The highest BCUT2D eigenvalue weighted by Gasteiger charge is 2.58. The molecule has 3 unspecified atom stereocenters. The maximum absolute atomic E-state index is 6.95. The molecule has 4 rings (SSSR count). The first kappa shape index (κ1) is 25.7. The molecule has 2 fully saturated rings. The molecular formula is C27H38BrNO4Si. The summed E-state index contributed by atoms with van der Waals surface area (Å²) in [4.78, 5) is 6.41. The van der Waals surface area contributed by atoms with E-state index in [1.165, 1.54) is 5.56 Å². The Morgan fingerprint density at radius 3 is 2.53 bits per heavy atom. The molecule has 2 aromatic carbocycles. The Morgan fingerprint density at radius 2 is 1.88 bits per heavy atom. The summed E-state index contributed by atoms with van der Waals surface area (Å²) in [6, 6.07) is 14.7. The molecule has 2 aromatic rings. The van der Waals surface area contributed by atoms with Gasteiger partial charge >= 0.3 is 0 Å². The molecule has 186 valence electrons. The molecule has 0 bridgehead atoms. The van der Waals surface area contributed by atoms with Crippen LogP contribution in [0.1, 0.15) is 44.7 Å². The number of ether oxygens (including phenoxy) is 2. The Morgan fingerprint density at radius 1 is 1.12 bits per heavy atom. The predicted molar refractivity (Wildman–Crippen MR) is 142 cm³/mol. The molecule has 0 amide bonds. The van der Waals surface area contributed by atoms with Crippen molar-refractivity contribution in [3.63, 3.8) is 0 Å². The van der Waals surface area contributed by atoms with E-state index in [0.29, 0.717) is 19.1 Å². The summed E-state index contributed by atoms with van der Waals surface area (Å²) >= 11 is 3.70. The van der Waals surface area contributed by atoms with Crippen LogP contribution in [0.15, 0.2) is 46.9 Å². The van der Waals surface area contributed by atoms with Gasteiger partial charge in [0.2, 0.25) is 0 Å². The van der Waals surface area contributed by atoms with Gasteiger partial charge in [0, 0.05) is 28.1 Å². The van der Waals surface area contributed by atoms with Crippen LogP contribution in [0.25, 0.3) is 0 Å². The van der Waals surface area contributed by atoms with Gasteiger partial charge in [0.25, 0.3) is 0 Å². The lowest BCUT2D eigenvalue weighted by Gasteiger charge is -2.40. The zero-order chi connectivity index (χ0) is 24.7. The summed E-state index contributed by atoms with van der Waals surface area (Å²) in [5, 5.41) is 2.37. The number of fused-ring (bicyclic) bond motifs is 1. The van der Waals surface area contributed by atoms with Crippen LogP contribution in [-0.4, -0.2) is 40.3 Å². The van der Waals surface area contributed by atoms with Crippen LogP contribution in [-0.2, 0) is 21.3 Å². The minimum absolute atomic E-state index is 0.181. The van der Waals surface area contributed by atoms with Crippen LogP contribution in [0.5, 0.6) is 11.5 Å². The van der Waals surface area contributed by atoms with Crippen molar-refractivity contribution in [2.45, 2.75) is 69.9 Å². The zero-order valence-corrected chi connectivity index (χ0v) is 24.1. The smallest absolute Gasteiger partial charge is 0.192 e. The average molecular weight is 549 g/mol. The van der Waals surface area contributed by atoms with Crippen molar-refractivity contribution in [2.24, 2.45) is 5.92 Å². The Labute approximate surface area is 213 Å². The topological polar surface area (TPSA) is 40.2 Å². The fourth-order valence-electron chi connectivity index (χ4n) is 5.18. The fourth-order valence-corrected chi connectivity index (χ4v) is 6.94. The third-order valence-electron chi connectivity index (χ3n) is 8.04. The first-order valence-electron chi connectivity index (χ1n) is 12.1. The zero-order valence-electron chi connectivity index (χ0n) is 21.5. The van der Waals surface area contributed by atoms with Crippen molar-refractivity contribution >= 4 is 24.2 Å². The van der Waals surface area contributed by atoms with Crippen molar-refractivity contribution in [2.75, 3.05) is 20.8 Å². The van der Waals surface area contributed by atoms with E-state index in [-0.39, 0.29) is 16.7 Å². The molecule has 7 heteroatoms. The van der Waals surface area contributed by atoms with E-state index in [1.54, 1.807) is 14.2 Å². The molecular weight excluding hydrogens is 510 g/mol. The van der Waals surface area contributed by atoms with E-state index in [4.69, 9.17) is 18.7 Å². The Balaban J connectivity index is 1.70. The summed E-state index contributed by atoms with van der Waals surface area (Å²) in [5.74, 6) is 1.95. The Hall–Kier alpha value is -1.38. The molecule has 0 N–H and O–H groups in total. The van der Waals surface area contributed by atoms with Crippen molar-refractivity contribution in [1.82, 2.24) is 5.06 Å². The molecule has 1 saturated heterocycles. The lowest BCUT2D eigenvalue weighted by atomic mass is 9.81. The number of rotatable bonds is 7. The van der Waals surface area contributed by atoms with Gasteiger partial charge in [-0.15, -0.1) is 0 Å². The minimum Gasteiger partial charge on any atom is -0.497 e. The monoisotopic (exact) mass is 547 g/mol. The van der Waals surface area contributed by atoms with Crippen molar-refractivity contribution < 1.29 is 18.7 Å². The number of hydrogen-bond acceptors (Lipinski definition) is 5. The summed E-state index contributed by atoms with van der Waals surface area (Å²) in [7, 11) is 1.49. The average Bonchev–Trinajstić information content (AvgIpc) is 3.29. The van der Waals surface area contributed by atoms with Crippen LogP contribution in [0, 0.1) is 5.92 Å². The van der Waals surface area contributed by atoms with Gasteiger partial charge in [0.15, 0.2) is 8.32 Å². The number of methoxy groups -OCH3 is 2. The SMILES string of the molecule is COc1ccc(CN2OCC3CC(O[Si](C)(C)C(C)(C)C)CC32c2cccc(Br)c2)c(OC)c1. The lowest BCUT2D eigenvalue weighted by molar-refractivity contribution is -0.179. The second-order valence-corrected chi connectivity index (χ2v) is 16.8. The molecule has 1 saturated carbocycles. The van der Waals surface area contributed by atoms with Gasteiger partial charge in [-0.3, -0.25) is 4.84 Å². The highest BCUT2D eigenvalue weighted by atomic mass is 79.9. The molecule has 5 nitrogen and oxygen atoms in total. The van der Waals surface area contributed by atoms with Crippen LogP contribution in [0.2, 0.25) is 18.1 Å². The highest BCUT2D eigenvalue weighted by Crippen LogP contribution is 2.55. The Kier molecular flexibility index (Phi) is 7.24. The summed E-state index contributed by atoms with van der Waals surface area (Å²) in [5.41, 5.74) is 2.10. The molecule has 3 atom stereocenters. The van der Waals surface area contributed by atoms with Gasteiger partial charge in [0.05, 0.1) is 32.9 Å². The summed E-state index contributed by atoms with van der Waals surface area (Å²) < 4.78 is 19.1. The van der Waals surface area contributed by atoms with E-state index < -0.39 is 8.32 Å². The fraction of sp³-hybridized carbons (Fsp3) is 0.556. The van der Waals surface area contributed by atoms with Gasteiger partial charge in [0.1, 0.15) is 11.5 Å². The van der Waals surface area contributed by atoms with Crippen molar-refractivity contribution in [3.8, 4) is 11.5 Å². The molecule has 1 heterocycles. The van der Waals surface area contributed by atoms with Crippen LogP contribution in [0.3, 0.4) is 0 Å². The minimum atomic E-state index is -1.89. The van der Waals surface area contributed by atoms with Gasteiger partial charge < -0.3 is 13.9 Å². The van der Waals surface area contributed by atoms with E-state index in [2.05, 4.69) is 85.2 Å². The van der Waals surface area contributed by atoms with Gasteiger partial charge in [-0.25, -0.2) is 0 Å². The second-order valence-electron chi connectivity index (χ2n) is 11.1. The maximum Gasteiger partial charge on any atom is 0.192 e. The highest BCUT2D eigenvalue weighted by molar-refractivity contribution is 9.10. The van der Waals surface area contributed by atoms with E-state index in [1.807, 2.05) is 12.1 Å². The molecule has 0 radical (unpaired) electrons. The number of nitrogens with zero attached hydrogens (tertiary/aromatic N) is 1. The number of hydroxylamine groups is 2. The number of benzene rings is 2. The maximum atomic E-state index is 6.95. The van der Waals surface area contributed by atoms with Crippen molar-refractivity contribution in [1.29, 1.82) is 0 Å². The molecule has 0 spiro atoms. The summed E-state index contributed by atoms with van der Waals surface area (Å²) in [6.45, 7) is 13.0. The standard InChI is InChI=1S/C27H38BrNO4Si/c1-26(2,3)34(6,7)33-24-14-21-18-32-29(17-19-11-12-23(30-4)15-25(19)31-5)27(21,16-24)20-9-8-10-22(28)13-20/h8-13,15,21,24H,14,16-18H2,1-7H3.